The van der Waals surface area contributed by atoms with E-state index < -0.39 is 11.8 Å². The smallest absolute Gasteiger partial charge is 0.313 e. The number of hydrogen-bond donors (Lipinski definition) is 3. The first-order chi connectivity index (χ1) is 9.15. The third kappa shape index (κ3) is 3.60. The summed E-state index contributed by atoms with van der Waals surface area (Å²) in [5.41, 5.74) is 0.427. The molecule has 0 fully saturated rings. The summed E-state index contributed by atoms with van der Waals surface area (Å²) < 4.78 is 5.02. The van der Waals surface area contributed by atoms with Crippen molar-refractivity contribution in [3.8, 4) is 5.75 Å². The van der Waals surface area contributed by atoms with Gasteiger partial charge in [0.1, 0.15) is 11.5 Å². The lowest BCUT2D eigenvalue weighted by Crippen LogP contribution is -2.34. The Hall–Kier alpha value is -2.76. The molecule has 6 heteroatoms. The number of furan rings is 1. The third-order valence-corrected chi connectivity index (χ3v) is 2.33. The third-order valence-electron chi connectivity index (χ3n) is 2.33. The summed E-state index contributed by atoms with van der Waals surface area (Å²) in [5.74, 6) is -0.896. The Balaban J connectivity index is 1.85. The van der Waals surface area contributed by atoms with Gasteiger partial charge < -0.3 is 20.2 Å². The highest BCUT2D eigenvalue weighted by Gasteiger charge is 2.13. The van der Waals surface area contributed by atoms with Crippen LogP contribution in [-0.2, 0) is 16.1 Å². The van der Waals surface area contributed by atoms with Crippen LogP contribution in [0.15, 0.2) is 47.1 Å². The van der Waals surface area contributed by atoms with Crippen molar-refractivity contribution in [3.63, 3.8) is 0 Å². The summed E-state index contributed by atoms with van der Waals surface area (Å²) in [4.78, 5) is 23.0. The van der Waals surface area contributed by atoms with Gasteiger partial charge in [0.25, 0.3) is 0 Å². The molecule has 1 aromatic heterocycles. The molecule has 6 nitrogen and oxygen atoms in total. The quantitative estimate of drug-likeness (QED) is 0.572. The van der Waals surface area contributed by atoms with E-state index >= 15 is 0 Å². The van der Waals surface area contributed by atoms with Crippen LogP contribution < -0.4 is 10.6 Å². The van der Waals surface area contributed by atoms with E-state index in [0.29, 0.717) is 11.4 Å². The highest BCUT2D eigenvalue weighted by Crippen LogP contribution is 2.13. The van der Waals surface area contributed by atoms with E-state index in [1.165, 1.54) is 30.5 Å². The number of anilines is 1. The largest absolute Gasteiger partial charge is 0.508 e. The zero-order chi connectivity index (χ0) is 13.7. The molecular formula is C13H12N2O4. The van der Waals surface area contributed by atoms with Crippen molar-refractivity contribution in [1.82, 2.24) is 5.32 Å². The standard InChI is InChI=1S/C13H12N2O4/c16-10-5-3-9(4-6-10)15-13(18)12(17)14-8-11-2-1-7-19-11/h1-7,16H,8H2,(H,14,17)(H,15,18). The number of nitrogens with one attached hydrogen (secondary N) is 2. The molecule has 0 aliphatic heterocycles. The number of carbonyl (C=O) groups is 2. The Morgan fingerprint density at radius 3 is 2.47 bits per heavy atom. The summed E-state index contributed by atoms with van der Waals surface area (Å²) in [6, 6.07) is 9.20. The molecule has 1 heterocycles. The molecule has 0 radical (unpaired) electrons. The van der Waals surface area contributed by atoms with E-state index in [4.69, 9.17) is 9.52 Å². The van der Waals surface area contributed by atoms with Crippen LogP contribution in [0.4, 0.5) is 5.69 Å². The van der Waals surface area contributed by atoms with Gasteiger partial charge in [0.15, 0.2) is 0 Å². The van der Waals surface area contributed by atoms with Gasteiger partial charge in [-0.25, -0.2) is 0 Å². The van der Waals surface area contributed by atoms with Crippen LogP contribution in [0.5, 0.6) is 5.75 Å². The Labute approximate surface area is 109 Å². The second-order valence-corrected chi connectivity index (χ2v) is 3.76. The Kier molecular flexibility index (Phi) is 3.82. The van der Waals surface area contributed by atoms with Gasteiger partial charge in [-0.3, -0.25) is 9.59 Å². The van der Waals surface area contributed by atoms with Crippen LogP contribution in [0.2, 0.25) is 0 Å². The van der Waals surface area contributed by atoms with Crippen LogP contribution in [-0.4, -0.2) is 16.9 Å². The van der Waals surface area contributed by atoms with Gasteiger partial charge in [-0.05, 0) is 36.4 Å². The van der Waals surface area contributed by atoms with E-state index in [1.54, 1.807) is 12.1 Å². The zero-order valence-corrected chi connectivity index (χ0v) is 9.92. The summed E-state index contributed by atoms with van der Waals surface area (Å²) in [6.45, 7) is 0.148. The first-order valence-electron chi connectivity index (χ1n) is 5.56. The number of amides is 2. The zero-order valence-electron chi connectivity index (χ0n) is 9.92. The molecule has 3 N–H and O–H groups in total. The van der Waals surface area contributed by atoms with Gasteiger partial charge in [-0.15, -0.1) is 0 Å². The maximum absolute atomic E-state index is 11.5. The minimum atomic E-state index is -0.780. The normalized spacial score (nSPS) is 9.89. The van der Waals surface area contributed by atoms with Crippen LogP contribution >= 0.6 is 0 Å². The predicted molar refractivity (Wildman–Crippen MR) is 67.3 cm³/mol. The molecule has 2 amide bonds. The number of carbonyl (C=O) groups excluding carboxylic acids is 2. The minimum Gasteiger partial charge on any atom is -0.508 e. The predicted octanol–water partition coefficient (Wildman–Crippen LogP) is 1.24. The van der Waals surface area contributed by atoms with Crippen LogP contribution in [0.25, 0.3) is 0 Å². The fourth-order valence-corrected chi connectivity index (χ4v) is 1.39. The lowest BCUT2D eigenvalue weighted by Gasteiger charge is -2.05. The molecule has 19 heavy (non-hydrogen) atoms. The Bertz CT molecular complexity index is 561. The number of hydrogen-bond acceptors (Lipinski definition) is 4. The molecule has 0 aliphatic carbocycles. The molecule has 0 saturated carbocycles. The number of aromatic hydroxyl groups is 1. The Morgan fingerprint density at radius 1 is 1.11 bits per heavy atom. The van der Waals surface area contributed by atoms with Gasteiger partial charge >= 0.3 is 11.8 Å². The highest BCUT2D eigenvalue weighted by atomic mass is 16.3. The fraction of sp³-hybridized carbons (Fsp3) is 0.0769. The van der Waals surface area contributed by atoms with Crippen molar-refractivity contribution in [2.45, 2.75) is 6.54 Å². The van der Waals surface area contributed by atoms with Gasteiger partial charge in [-0.2, -0.15) is 0 Å². The first kappa shape index (κ1) is 12.7. The molecule has 0 spiro atoms. The molecule has 98 valence electrons. The molecule has 2 aromatic rings. The maximum Gasteiger partial charge on any atom is 0.313 e. The van der Waals surface area contributed by atoms with Crippen molar-refractivity contribution in [1.29, 1.82) is 0 Å². The van der Waals surface area contributed by atoms with E-state index in [9.17, 15) is 9.59 Å². The lowest BCUT2D eigenvalue weighted by atomic mass is 10.3. The SMILES string of the molecule is O=C(NCc1ccco1)C(=O)Nc1ccc(O)cc1. The Morgan fingerprint density at radius 2 is 1.84 bits per heavy atom. The molecule has 0 aliphatic rings. The van der Waals surface area contributed by atoms with Gasteiger partial charge in [0.05, 0.1) is 12.8 Å². The van der Waals surface area contributed by atoms with Gasteiger partial charge in [0, 0.05) is 5.69 Å². The molecule has 0 unspecified atom stereocenters. The van der Waals surface area contributed by atoms with Crippen molar-refractivity contribution in [2.24, 2.45) is 0 Å². The number of benzene rings is 1. The van der Waals surface area contributed by atoms with Crippen molar-refractivity contribution < 1.29 is 19.1 Å². The number of rotatable bonds is 3. The van der Waals surface area contributed by atoms with Crippen molar-refractivity contribution >= 4 is 17.5 Å². The summed E-state index contributed by atoms with van der Waals surface area (Å²) in [6.07, 6.45) is 1.48. The molecule has 0 atom stereocenters. The van der Waals surface area contributed by atoms with Crippen molar-refractivity contribution in [2.75, 3.05) is 5.32 Å². The molecular weight excluding hydrogens is 248 g/mol. The lowest BCUT2D eigenvalue weighted by molar-refractivity contribution is -0.136. The highest BCUT2D eigenvalue weighted by molar-refractivity contribution is 6.39. The molecule has 1 aromatic carbocycles. The van der Waals surface area contributed by atoms with Crippen LogP contribution in [0.3, 0.4) is 0 Å². The van der Waals surface area contributed by atoms with Gasteiger partial charge in [-0.1, -0.05) is 0 Å². The molecule has 0 bridgehead atoms. The topological polar surface area (TPSA) is 91.6 Å². The van der Waals surface area contributed by atoms with E-state index in [2.05, 4.69) is 10.6 Å². The van der Waals surface area contributed by atoms with E-state index in [0.717, 1.165) is 0 Å². The number of phenolic OH excluding ortho intramolecular Hbond substituents is 1. The summed E-state index contributed by atoms with van der Waals surface area (Å²) in [7, 11) is 0. The van der Waals surface area contributed by atoms with E-state index in [-0.39, 0.29) is 12.3 Å². The monoisotopic (exact) mass is 260 g/mol. The summed E-state index contributed by atoms with van der Waals surface area (Å²) >= 11 is 0. The second kappa shape index (κ2) is 5.72. The fourth-order valence-electron chi connectivity index (χ4n) is 1.39. The van der Waals surface area contributed by atoms with Crippen LogP contribution in [0, 0.1) is 0 Å². The maximum atomic E-state index is 11.5. The van der Waals surface area contributed by atoms with Crippen molar-refractivity contribution in [3.05, 3.63) is 48.4 Å². The summed E-state index contributed by atoms with van der Waals surface area (Å²) in [5, 5.41) is 13.9. The van der Waals surface area contributed by atoms with Gasteiger partial charge in [0.2, 0.25) is 0 Å². The average Bonchev–Trinajstić information content (AvgIpc) is 2.91. The van der Waals surface area contributed by atoms with Crippen LogP contribution in [0.1, 0.15) is 5.76 Å². The minimum absolute atomic E-state index is 0.0836. The first-order valence-corrected chi connectivity index (χ1v) is 5.56. The van der Waals surface area contributed by atoms with E-state index in [1.807, 2.05) is 0 Å². The molecule has 2 rings (SSSR count). The molecule has 0 saturated heterocycles. The average molecular weight is 260 g/mol. The number of phenols is 1. The second-order valence-electron chi connectivity index (χ2n) is 3.76.